The Hall–Kier alpha value is -2.27. The monoisotopic (exact) mass is 325 g/mol. The number of nitrogens with one attached hydrogen (secondary N) is 1. The lowest BCUT2D eigenvalue weighted by Gasteiger charge is -2.06. The lowest BCUT2D eigenvalue weighted by Crippen LogP contribution is -2.19. The van der Waals surface area contributed by atoms with Gasteiger partial charge in [-0.2, -0.15) is 13.5 Å². The molecule has 9 nitrogen and oxygen atoms in total. The second kappa shape index (κ2) is 4.63. The molecule has 11 heteroatoms. The van der Waals surface area contributed by atoms with Gasteiger partial charge in [-0.15, -0.1) is 16.4 Å². The molecule has 0 saturated carbocycles. The number of nitrogens with zero attached hydrogens (tertiary/aromatic N) is 5. The van der Waals surface area contributed by atoms with Crippen molar-refractivity contribution in [2.75, 3.05) is 10.5 Å². The van der Waals surface area contributed by atoms with E-state index in [0.717, 1.165) is 0 Å². The van der Waals surface area contributed by atoms with Gasteiger partial charge in [0.15, 0.2) is 10.8 Å². The molecular formula is C10H11N7O2S2. The molecule has 0 bridgehead atoms. The van der Waals surface area contributed by atoms with Crippen LogP contribution in [0.5, 0.6) is 0 Å². The molecular weight excluding hydrogens is 314 g/mol. The highest BCUT2D eigenvalue weighted by molar-refractivity contribution is 7.92. The van der Waals surface area contributed by atoms with Gasteiger partial charge in [-0.3, -0.25) is 4.40 Å². The summed E-state index contributed by atoms with van der Waals surface area (Å²) in [6.45, 7) is 3.45. The van der Waals surface area contributed by atoms with Crippen LogP contribution in [0.25, 0.3) is 4.96 Å². The molecule has 0 radical (unpaired) electrons. The van der Waals surface area contributed by atoms with Gasteiger partial charge in [-0.25, -0.2) is 14.7 Å². The van der Waals surface area contributed by atoms with E-state index in [1.807, 2.05) is 0 Å². The van der Waals surface area contributed by atoms with Crippen molar-refractivity contribution >= 4 is 38.1 Å². The zero-order chi connectivity index (χ0) is 15.2. The van der Waals surface area contributed by atoms with E-state index >= 15 is 0 Å². The van der Waals surface area contributed by atoms with Crippen molar-refractivity contribution in [1.82, 2.24) is 24.6 Å². The summed E-state index contributed by atoms with van der Waals surface area (Å²) in [4.78, 5) is 8.52. The summed E-state index contributed by atoms with van der Waals surface area (Å²) in [7, 11) is -3.96. The van der Waals surface area contributed by atoms with Gasteiger partial charge in [0.25, 0.3) is 16.0 Å². The highest BCUT2D eigenvalue weighted by Crippen LogP contribution is 2.24. The second-order valence-corrected chi connectivity index (χ2v) is 6.74. The van der Waals surface area contributed by atoms with Crippen molar-refractivity contribution in [2.45, 2.75) is 18.9 Å². The van der Waals surface area contributed by atoms with Gasteiger partial charge >= 0.3 is 0 Å². The van der Waals surface area contributed by atoms with Gasteiger partial charge in [-0.05, 0) is 13.8 Å². The summed E-state index contributed by atoms with van der Waals surface area (Å²) in [5.41, 5.74) is 6.91. The van der Waals surface area contributed by atoms with Crippen molar-refractivity contribution in [2.24, 2.45) is 0 Å². The van der Waals surface area contributed by atoms with Crippen molar-refractivity contribution < 1.29 is 8.42 Å². The van der Waals surface area contributed by atoms with E-state index in [2.05, 4.69) is 24.9 Å². The molecule has 3 N–H and O–H groups in total. The zero-order valence-electron chi connectivity index (χ0n) is 11.1. The lowest BCUT2D eigenvalue weighted by atomic mass is 10.4. The van der Waals surface area contributed by atoms with Crippen LogP contribution in [0.3, 0.4) is 0 Å². The number of nitrogens with two attached hydrogens (primary N) is 1. The third kappa shape index (κ3) is 2.29. The van der Waals surface area contributed by atoms with E-state index in [-0.39, 0.29) is 16.8 Å². The van der Waals surface area contributed by atoms with E-state index in [9.17, 15) is 8.42 Å². The summed E-state index contributed by atoms with van der Waals surface area (Å²) in [6.07, 6.45) is 1.58. The molecule has 0 aliphatic carbocycles. The number of hydrogen-bond acceptors (Lipinski definition) is 8. The third-order valence-electron chi connectivity index (χ3n) is 2.82. The molecule has 0 aliphatic heterocycles. The Balaban J connectivity index is 2.06. The molecule has 0 spiro atoms. The van der Waals surface area contributed by atoms with E-state index in [1.54, 1.807) is 25.4 Å². The first-order valence-electron chi connectivity index (χ1n) is 5.80. The van der Waals surface area contributed by atoms with E-state index < -0.39 is 10.0 Å². The number of aryl methyl sites for hydroxylation is 2. The molecule has 3 rings (SSSR count). The minimum absolute atomic E-state index is 0.0776. The van der Waals surface area contributed by atoms with Crippen LogP contribution in [0.1, 0.15) is 11.4 Å². The third-order valence-corrected chi connectivity index (χ3v) is 4.94. The lowest BCUT2D eigenvalue weighted by molar-refractivity contribution is 0.596. The number of rotatable bonds is 3. The van der Waals surface area contributed by atoms with Crippen LogP contribution in [0.15, 0.2) is 16.6 Å². The standard InChI is InChI=1S/C10H11N7O2S2/c1-5-6(2)14-15-9(12-5)16-21(18,19)8-7(11)13-10-17(8)3-4-20-10/h3-4H,11H2,1-2H3,(H,12,15,16). The van der Waals surface area contributed by atoms with Gasteiger partial charge in [0.05, 0.1) is 11.4 Å². The van der Waals surface area contributed by atoms with Crippen LogP contribution in [0.4, 0.5) is 11.8 Å². The number of nitrogen functional groups attached to an aromatic ring is 1. The predicted octanol–water partition coefficient (Wildman–Crippen LogP) is 0.581. The molecule has 0 aromatic carbocycles. The molecule has 0 amide bonds. The van der Waals surface area contributed by atoms with Crippen LogP contribution in [0, 0.1) is 13.8 Å². The van der Waals surface area contributed by atoms with E-state index in [4.69, 9.17) is 5.73 Å². The van der Waals surface area contributed by atoms with Crippen molar-refractivity contribution in [3.05, 3.63) is 23.0 Å². The van der Waals surface area contributed by atoms with Gasteiger partial charge in [0, 0.05) is 11.6 Å². The topological polar surface area (TPSA) is 128 Å². The first-order chi connectivity index (χ1) is 9.88. The minimum atomic E-state index is -3.96. The Morgan fingerprint density at radius 2 is 2.00 bits per heavy atom. The quantitative estimate of drug-likeness (QED) is 0.720. The number of sulfonamides is 1. The van der Waals surface area contributed by atoms with Crippen LogP contribution in [0.2, 0.25) is 0 Å². The number of anilines is 2. The SMILES string of the molecule is Cc1nnc(NS(=O)(=O)c2c(N)nc3sccn23)nc1C. The first-order valence-corrected chi connectivity index (χ1v) is 8.16. The van der Waals surface area contributed by atoms with Crippen LogP contribution in [-0.2, 0) is 10.0 Å². The fraction of sp³-hybridized carbons (Fsp3) is 0.200. The Kier molecular flexibility index (Phi) is 3.02. The molecule has 3 aromatic rings. The zero-order valence-corrected chi connectivity index (χ0v) is 12.7. The molecule has 0 unspecified atom stereocenters. The summed E-state index contributed by atoms with van der Waals surface area (Å²) >= 11 is 1.29. The van der Waals surface area contributed by atoms with Gasteiger partial charge < -0.3 is 5.73 Å². The Labute approximate surface area is 123 Å². The number of hydrogen-bond donors (Lipinski definition) is 2. The number of aromatic nitrogens is 5. The molecule has 0 saturated heterocycles. The smallest absolute Gasteiger partial charge is 0.284 e. The van der Waals surface area contributed by atoms with E-state index in [0.29, 0.717) is 16.3 Å². The Morgan fingerprint density at radius 3 is 2.71 bits per heavy atom. The summed E-state index contributed by atoms with van der Waals surface area (Å²) in [5, 5.41) is 9.12. The highest BCUT2D eigenvalue weighted by Gasteiger charge is 2.25. The second-order valence-electron chi connectivity index (χ2n) is 4.27. The minimum Gasteiger partial charge on any atom is -0.381 e. The van der Waals surface area contributed by atoms with Crippen LogP contribution in [-0.4, -0.2) is 33.0 Å². The normalized spacial score (nSPS) is 11.9. The van der Waals surface area contributed by atoms with Crippen LogP contribution >= 0.6 is 11.3 Å². The van der Waals surface area contributed by atoms with Crippen molar-refractivity contribution in [1.29, 1.82) is 0 Å². The molecule has 110 valence electrons. The van der Waals surface area contributed by atoms with Gasteiger partial charge in [0.1, 0.15) is 0 Å². The summed E-state index contributed by atoms with van der Waals surface area (Å²) < 4.78 is 28.5. The van der Waals surface area contributed by atoms with Crippen LogP contribution < -0.4 is 10.5 Å². The summed E-state index contributed by atoms with van der Waals surface area (Å²) in [6, 6.07) is 0. The van der Waals surface area contributed by atoms with Gasteiger partial charge in [0.2, 0.25) is 5.03 Å². The highest BCUT2D eigenvalue weighted by atomic mass is 32.2. The summed E-state index contributed by atoms with van der Waals surface area (Å²) in [5.74, 6) is -0.186. The average Bonchev–Trinajstić information content (AvgIpc) is 2.92. The van der Waals surface area contributed by atoms with Crippen molar-refractivity contribution in [3.8, 4) is 0 Å². The maximum Gasteiger partial charge on any atom is 0.284 e. The molecule has 3 heterocycles. The first kappa shape index (κ1) is 13.7. The maximum absolute atomic E-state index is 12.4. The van der Waals surface area contributed by atoms with Gasteiger partial charge in [-0.1, -0.05) is 0 Å². The molecule has 0 fully saturated rings. The molecule has 0 aliphatic rings. The molecule has 3 aromatic heterocycles. The molecule has 21 heavy (non-hydrogen) atoms. The number of thiazole rings is 1. The Bertz CT molecular complexity index is 928. The predicted molar refractivity (Wildman–Crippen MR) is 77.6 cm³/mol. The fourth-order valence-electron chi connectivity index (χ4n) is 1.72. The number of fused-ring (bicyclic) bond motifs is 1. The molecule has 0 atom stereocenters. The Morgan fingerprint density at radius 1 is 1.24 bits per heavy atom. The maximum atomic E-state index is 12.4. The average molecular weight is 325 g/mol. The van der Waals surface area contributed by atoms with Crippen molar-refractivity contribution in [3.63, 3.8) is 0 Å². The number of imidazole rings is 1. The fourth-order valence-corrected chi connectivity index (χ4v) is 3.65. The van der Waals surface area contributed by atoms with E-state index in [1.165, 1.54) is 15.7 Å². The largest absolute Gasteiger partial charge is 0.381 e.